The first-order chi connectivity index (χ1) is 7.90. The molecule has 17 heavy (non-hydrogen) atoms. The van der Waals surface area contributed by atoms with Crippen LogP contribution < -0.4 is 5.01 Å². The molecule has 92 valence electrons. The van der Waals surface area contributed by atoms with Crippen molar-refractivity contribution in [2.75, 3.05) is 12.1 Å². The van der Waals surface area contributed by atoms with Crippen molar-refractivity contribution in [1.82, 2.24) is 0 Å². The minimum absolute atomic E-state index is 0.276. The van der Waals surface area contributed by atoms with E-state index in [1.807, 2.05) is 0 Å². The molecule has 0 saturated carbocycles. The fourth-order valence-electron chi connectivity index (χ4n) is 1.28. The van der Waals surface area contributed by atoms with Crippen LogP contribution in [0.4, 0.5) is 18.9 Å². The van der Waals surface area contributed by atoms with Gasteiger partial charge in [-0.05, 0) is 25.1 Å². The summed E-state index contributed by atoms with van der Waals surface area (Å²) in [6.07, 6.45) is -4.37. The van der Waals surface area contributed by atoms with Crippen molar-refractivity contribution in [2.24, 2.45) is 10.1 Å². The lowest BCUT2D eigenvalue weighted by molar-refractivity contribution is -0.137. The molecule has 0 aliphatic rings. The molecule has 0 N–H and O–H groups in total. The van der Waals surface area contributed by atoms with E-state index in [9.17, 15) is 13.2 Å². The number of nitrogens with zero attached hydrogens (tertiary/aromatic N) is 3. The Morgan fingerprint density at radius 2 is 2.00 bits per heavy atom. The van der Waals surface area contributed by atoms with E-state index in [4.69, 9.17) is 0 Å². The summed E-state index contributed by atoms with van der Waals surface area (Å²) in [4.78, 5) is 3.86. The Balaban J connectivity index is 3.19. The van der Waals surface area contributed by atoms with Crippen LogP contribution in [0.3, 0.4) is 0 Å². The lowest BCUT2D eigenvalue weighted by Crippen LogP contribution is -2.22. The second-order valence-electron chi connectivity index (χ2n) is 3.27. The number of hydrazone groups is 1. The number of hydrogen-bond donors (Lipinski definition) is 0. The molecule has 0 unspecified atom stereocenters. The predicted molar refractivity (Wildman–Crippen MR) is 62.5 cm³/mol. The predicted octanol–water partition coefficient (Wildman–Crippen LogP) is 3.18. The third-order valence-electron chi connectivity index (χ3n) is 2.19. The van der Waals surface area contributed by atoms with Crippen molar-refractivity contribution in [1.29, 1.82) is 0 Å². The standard InChI is InChI=1S/C11H12F3N3/c1-8(15-2)17(16-3)10-6-4-5-9(7-10)11(12,13)14/h4-7H,3H2,1-2H3. The highest BCUT2D eigenvalue weighted by Gasteiger charge is 2.30. The molecule has 6 heteroatoms. The molecular formula is C11H12F3N3. The van der Waals surface area contributed by atoms with Crippen LogP contribution in [0, 0.1) is 0 Å². The molecule has 1 aromatic carbocycles. The van der Waals surface area contributed by atoms with Crippen molar-refractivity contribution >= 4 is 18.2 Å². The minimum Gasteiger partial charge on any atom is -0.274 e. The van der Waals surface area contributed by atoms with E-state index >= 15 is 0 Å². The van der Waals surface area contributed by atoms with Gasteiger partial charge < -0.3 is 0 Å². The fourth-order valence-corrected chi connectivity index (χ4v) is 1.28. The first-order valence-corrected chi connectivity index (χ1v) is 4.77. The van der Waals surface area contributed by atoms with Crippen LogP contribution >= 0.6 is 0 Å². The van der Waals surface area contributed by atoms with Crippen LogP contribution in [0.2, 0.25) is 0 Å². The van der Waals surface area contributed by atoms with Crippen molar-refractivity contribution in [2.45, 2.75) is 13.1 Å². The first kappa shape index (κ1) is 13.2. The molecular weight excluding hydrogens is 231 g/mol. The maximum atomic E-state index is 12.5. The van der Waals surface area contributed by atoms with Gasteiger partial charge in [0.2, 0.25) is 0 Å². The molecule has 0 spiro atoms. The Labute approximate surface area is 97.3 Å². The van der Waals surface area contributed by atoms with Gasteiger partial charge in [-0.2, -0.15) is 18.3 Å². The quantitative estimate of drug-likeness (QED) is 0.445. The molecule has 3 nitrogen and oxygen atoms in total. The molecule has 0 radical (unpaired) electrons. The summed E-state index contributed by atoms with van der Waals surface area (Å²) in [7, 11) is 1.53. The molecule has 0 amide bonds. The van der Waals surface area contributed by atoms with Gasteiger partial charge >= 0.3 is 6.18 Å². The molecule has 1 aromatic rings. The second-order valence-corrected chi connectivity index (χ2v) is 3.27. The average Bonchev–Trinajstić information content (AvgIpc) is 2.29. The van der Waals surface area contributed by atoms with Crippen molar-refractivity contribution in [3.05, 3.63) is 29.8 Å². The van der Waals surface area contributed by atoms with Gasteiger partial charge in [-0.25, -0.2) is 5.01 Å². The molecule has 0 fully saturated rings. The van der Waals surface area contributed by atoms with Gasteiger partial charge in [0.25, 0.3) is 0 Å². The zero-order chi connectivity index (χ0) is 13.1. The summed E-state index contributed by atoms with van der Waals surface area (Å²) in [5.74, 6) is 0.458. The molecule has 0 bridgehead atoms. The highest BCUT2D eigenvalue weighted by molar-refractivity contribution is 5.95. The van der Waals surface area contributed by atoms with Gasteiger partial charge in [0, 0.05) is 13.8 Å². The van der Waals surface area contributed by atoms with Gasteiger partial charge in [-0.15, -0.1) is 0 Å². The van der Waals surface area contributed by atoms with Crippen LogP contribution in [-0.2, 0) is 6.18 Å². The number of halogens is 3. The van der Waals surface area contributed by atoms with Gasteiger partial charge in [-0.1, -0.05) is 6.07 Å². The fraction of sp³-hybridized carbons (Fsp3) is 0.273. The molecule has 0 atom stereocenters. The molecule has 0 heterocycles. The lowest BCUT2D eigenvalue weighted by Gasteiger charge is -2.18. The van der Waals surface area contributed by atoms with Crippen molar-refractivity contribution < 1.29 is 13.2 Å². The number of alkyl halides is 3. The summed E-state index contributed by atoms with van der Waals surface area (Å²) < 4.78 is 37.6. The lowest BCUT2D eigenvalue weighted by atomic mass is 10.2. The zero-order valence-corrected chi connectivity index (χ0v) is 9.49. The molecule has 0 saturated heterocycles. The largest absolute Gasteiger partial charge is 0.416 e. The Hall–Kier alpha value is -1.85. The minimum atomic E-state index is -4.37. The maximum Gasteiger partial charge on any atom is 0.416 e. The van der Waals surface area contributed by atoms with Gasteiger partial charge in [0.1, 0.15) is 5.84 Å². The van der Waals surface area contributed by atoms with E-state index in [1.54, 1.807) is 6.92 Å². The van der Waals surface area contributed by atoms with E-state index in [0.29, 0.717) is 5.84 Å². The van der Waals surface area contributed by atoms with Gasteiger partial charge in [-0.3, -0.25) is 4.99 Å². The second kappa shape index (κ2) is 4.99. The Kier molecular flexibility index (Phi) is 3.88. The van der Waals surface area contributed by atoms with E-state index in [2.05, 4.69) is 16.8 Å². The number of amidine groups is 1. The zero-order valence-electron chi connectivity index (χ0n) is 9.49. The highest BCUT2D eigenvalue weighted by Crippen LogP contribution is 2.31. The van der Waals surface area contributed by atoms with E-state index in [0.717, 1.165) is 12.1 Å². The van der Waals surface area contributed by atoms with Gasteiger partial charge in [0.15, 0.2) is 0 Å². The molecule has 0 aromatic heterocycles. The number of benzene rings is 1. The highest BCUT2D eigenvalue weighted by atomic mass is 19.4. The molecule has 0 aliphatic heterocycles. The van der Waals surface area contributed by atoms with Crippen LogP contribution in [-0.4, -0.2) is 19.6 Å². The van der Waals surface area contributed by atoms with Crippen LogP contribution in [0.25, 0.3) is 0 Å². The SMILES string of the molecule is C=NN(C(C)=NC)c1cccc(C(F)(F)F)c1. The van der Waals surface area contributed by atoms with Crippen LogP contribution in [0.5, 0.6) is 0 Å². The smallest absolute Gasteiger partial charge is 0.274 e. The summed E-state index contributed by atoms with van der Waals surface area (Å²) in [5.41, 5.74) is -0.453. The molecule has 1 rings (SSSR count). The van der Waals surface area contributed by atoms with E-state index < -0.39 is 11.7 Å². The Morgan fingerprint density at radius 3 is 2.47 bits per heavy atom. The van der Waals surface area contributed by atoms with Crippen LogP contribution in [0.15, 0.2) is 34.4 Å². The van der Waals surface area contributed by atoms with Crippen molar-refractivity contribution in [3.63, 3.8) is 0 Å². The van der Waals surface area contributed by atoms with E-state index in [-0.39, 0.29) is 5.69 Å². The number of hydrogen-bond acceptors (Lipinski definition) is 2. The first-order valence-electron chi connectivity index (χ1n) is 4.77. The summed E-state index contributed by atoms with van der Waals surface area (Å²) in [6, 6.07) is 4.84. The maximum absolute atomic E-state index is 12.5. The summed E-state index contributed by atoms with van der Waals surface area (Å²) in [6.45, 7) is 4.95. The van der Waals surface area contributed by atoms with Crippen molar-refractivity contribution in [3.8, 4) is 0 Å². The van der Waals surface area contributed by atoms with Crippen LogP contribution in [0.1, 0.15) is 12.5 Å². The molecule has 0 aliphatic carbocycles. The number of rotatable bonds is 2. The average molecular weight is 243 g/mol. The number of aliphatic imine (C=N–C) groups is 1. The Morgan fingerprint density at radius 1 is 1.35 bits per heavy atom. The van der Waals surface area contributed by atoms with Gasteiger partial charge in [0.05, 0.1) is 11.3 Å². The summed E-state index contributed by atoms with van der Waals surface area (Å²) >= 11 is 0. The third-order valence-corrected chi connectivity index (χ3v) is 2.19. The third kappa shape index (κ3) is 3.05. The number of anilines is 1. The normalized spacial score (nSPS) is 12.4. The Bertz CT molecular complexity index is 438. The van der Waals surface area contributed by atoms with E-state index in [1.165, 1.54) is 24.2 Å². The monoisotopic (exact) mass is 243 g/mol. The topological polar surface area (TPSA) is 28.0 Å². The summed E-state index contributed by atoms with van der Waals surface area (Å²) in [5, 5.41) is 4.88.